The van der Waals surface area contributed by atoms with Crippen molar-refractivity contribution in [2.45, 2.75) is 20.0 Å². The van der Waals surface area contributed by atoms with Gasteiger partial charge in [0, 0.05) is 31.2 Å². The van der Waals surface area contributed by atoms with Crippen molar-refractivity contribution in [1.29, 1.82) is 0 Å². The molecule has 0 aliphatic heterocycles. The number of nitrogens with one attached hydrogen (secondary N) is 1. The summed E-state index contributed by atoms with van der Waals surface area (Å²) in [7, 11) is 3.93. The fraction of sp³-hybridized carbons (Fsp3) is 0.227. The molecule has 2 heterocycles. The number of carbonyl (C=O) groups is 1. The van der Waals surface area contributed by atoms with E-state index in [-0.39, 0.29) is 5.95 Å². The third-order valence-corrected chi connectivity index (χ3v) is 5.06. The van der Waals surface area contributed by atoms with Gasteiger partial charge in [0.15, 0.2) is 0 Å². The molecule has 4 rings (SSSR count). The van der Waals surface area contributed by atoms with Crippen LogP contribution in [-0.4, -0.2) is 38.8 Å². The summed E-state index contributed by atoms with van der Waals surface area (Å²) in [5, 5.41) is 12.4. The fourth-order valence-electron chi connectivity index (χ4n) is 3.75. The molecule has 0 atom stereocenters. The first-order valence-corrected chi connectivity index (χ1v) is 9.55. The van der Waals surface area contributed by atoms with Gasteiger partial charge in [-0.05, 0) is 42.7 Å². The van der Waals surface area contributed by atoms with E-state index in [4.69, 9.17) is 15.6 Å². The minimum Gasteiger partial charge on any atom is -0.475 e. The van der Waals surface area contributed by atoms with Crippen molar-refractivity contribution in [2.24, 2.45) is 7.05 Å². The van der Waals surface area contributed by atoms with Crippen molar-refractivity contribution in [3.63, 3.8) is 0 Å². The van der Waals surface area contributed by atoms with Gasteiger partial charge in [-0.1, -0.05) is 18.2 Å². The molecule has 7 nitrogen and oxygen atoms in total. The molecule has 168 valence electrons. The molecule has 0 amide bonds. The zero-order chi connectivity index (χ0) is 23.8. The summed E-state index contributed by atoms with van der Waals surface area (Å²) < 4.78 is 33.9. The molecule has 0 saturated carbocycles. The molecule has 4 aromatic rings. The van der Waals surface area contributed by atoms with Crippen molar-refractivity contribution in [2.75, 3.05) is 18.1 Å². The highest BCUT2D eigenvalue weighted by atomic mass is 19.4. The predicted molar refractivity (Wildman–Crippen MR) is 119 cm³/mol. The number of nitrogens with zero attached hydrogens (tertiary/aromatic N) is 3. The average Bonchev–Trinajstić information content (AvgIpc) is 3.08. The number of carboxylic acid groups (broad SMARTS) is 1. The molecule has 0 bridgehead atoms. The number of hydrogen-bond donors (Lipinski definition) is 3. The lowest BCUT2D eigenvalue weighted by atomic mass is 9.93. The number of aromatic nitrogens is 3. The van der Waals surface area contributed by atoms with Crippen LogP contribution in [0.5, 0.6) is 0 Å². The van der Waals surface area contributed by atoms with E-state index in [2.05, 4.69) is 77.3 Å². The van der Waals surface area contributed by atoms with Crippen LogP contribution in [0.25, 0.3) is 32.9 Å². The second kappa shape index (κ2) is 8.37. The topological polar surface area (TPSA) is 106 Å². The maximum atomic E-state index is 10.6. The predicted octanol–water partition coefficient (Wildman–Crippen LogP) is 4.66. The van der Waals surface area contributed by atoms with Crippen LogP contribution in [0.1, 0.15) is 11.1 Å². The van der Waals surface area contributed by atoms with Crippen LogP contribution in [0, 0.1) is 13.8 Å². The number of fused-ring (bicyclic) bond motifs is 3. The third kappa shape index (κ3) is 4.16. The average molecular weight is 445 g/mol. The van der Waals surface area contributed by atoms with E-state index in [0.717, 1.165) is 22.1 Å². The second-order valence-electron chi connectivity index (χ2n) is 7.26. The van der Waals surface area contributed by atoms with Crippen LogP contribution >= 0.6 is 0 Å². The highest BCUT2D eigenvalue weighted by molar-refractivity contribution is 6.16. The largest absolute Gasteiger partial charge is 0.490 e. The van der Waals surface area contributed by atoms with Crippen molar-refractivity contribution in [1.82, 2.24) is 14.5 Å². The minimum absolute atomic E-state index is 0.277. The van der Waals surface area contributed by atoms with E-state index < -0.39 is 12.1 Å². The maximum Gasteiger partial charge on any atom is 0.490 e. The summed E-state index contributed by atoms with van der Waals surface area (Å²) in [6.45, 7) is 4.29. The smallest absolute Gasteiger partial charge is 0.475 e. The summed E-state index contributed by atoms with van der Waals surface area (Å²) >= 11 is 0. The molecule has 2 aromatic carbocycles. The Bertz CT molecular complexity index is 1310. The SMILES string of the molecule is CNc1nc(N)nc2cc(-c3c(C)cccc3C)c3c(ccn3C)c12.O=C(O)C(F)(F)F. The zero-order valence-electron chi connectivity index (χ0n) is 17.9. The first-order valence-electron chi connectivity index (χ1n) is 9.55. The minimum atomic E-state index is -5.08. The molecule has 0 spiro atoms. The van der Waals surface area contributed by atoms with Gasteiger partial charge in [-0.25, -0.2) is 9.78 Å². The van der Waals surface area contributed by atoms with Crippen LogP contribution < -0.4 is 11.1 Å². The van der Waals surface area contributed by atoms with Gasteiger partial charge in [0.05, 0.1) is 16.4 Å². The van der Waals surface area contributed by atoms with Gasteiger partial charge >= 0.3 is 12.1 Å². The molecule has 0 radical (unpaired) electrons. The van der Waals surface area contributed by atoms with Gasteiger partial charge in [0.25, 0.3) is 0 Å². The highest BCUT2D eigenvalue weighted by Gasteiger charge is 2.38. The lowest BCUT2D eigenvalue weighted by molar-refractivity contribution is -0.192. The Morgan fingerprint density at radius 2 is 1.75 bits per heavy atom. The molecule has 32 heavy (non-hydrogen) atoms. The number of alkyl halides is 3. The number of aryl methyl sites for hydroxylation is 3. The van der Waals surface area contributed by atoms with E-state index in [1.807, 2.05) is 7.05 Å². The molecule has 0 fully saturated rings. The Labute approximate surface area is 181 Å². The molecule has 0 aliphatic carbocycles. The Morgan fingerprint density at radius 3 is 2.28 bits per heavy atom. The highest BCUT2D eigenvalue weighted by Crippen LogP contribution is 2.39. The molecule has 2 aromatic heterocycles. The Kier molecular flexibility index (Phi) is 5.98. The summed E-state index contributed by atoms with van der Waals surface area (Å²) in [6.07, 6.45) is -3.00. The number of hydrogen-bond acceptors (Lipinski definition) is 5. The number of rotatable bonds is 2. The van der Waals surface area contributed by atoms with Crippen molar-refractivity contribution >= 4 is 39.5 Å². The number of benzene rings is 2. The number of nitrogen functional groups attached to an aromatic ring is 1. The van der Waals surface area contributed by atoms with E-state index in [1.54, 1.807) is 0 Å². The summed E-state index contributed by atoms with van der Waals surface area (Å²) in [5.41, 5.74) is 12.9. The Morgan fingerprint density at radius 1 is 1.16 bits per heavy atom. The number of carboxylic acids is 1. The molecule has 0 unspecified atom stereocenters. The van der Waals surface area contributed by atoms with Crippen LogP contribution in [0.4, 0.5) is 24.9 Å². The first kappa shape index (κ1) is 22.9. The number of halogens is 3. The normalized spacial score (nSPS) is 11.3. The van der Waals surface area contributed by atoms with Crippen molar-refractivity contribution in [3.8, 4) is 11.1 Å². The van der Waals surface area contributed by atoms with Crippen LogP contribution in [0.2, 0.25) is 0 Å². The zero-order valence-corrected chi connectivity index (χ0v) is 17.9. The van der Waals surface area contributed by atoms with E-state index >= 15 is 0 Å². The maximum absolute atomic E-state index is 10.6. The molecular formula is C22H22F3N5O2. The molecule has 0 aliphatic rings. The third-order valence-electron chi connectivity index (χ3n) is 5.06. The number of anilines is 2. The van der Waals surface area contributed by atoms with Crippen molar-refractivity contribution in [3.05, 3.63) is 47.7 Å². The van der Waals surface area contributed by atoms with Gasteiger partial charge in [0.2, 0.25) is 5.95 Å². The fourth-order valence-corrected chi connectivity index (χ4v) is 3.75. The second-order valence-corrected chi connectivity index (χ2v) is 7.26. The van der Waals surface area contributed by atoms with Crippen LogP contribution in [0.15, 0.2) is 36.5 Å². The van der Waals surface area contributed by atoms with E-state index in [9.17, 15) is 13.2 Å². The molecule has 0 saturated heterocycles. The molecule has 10 heteroatoms. The standard InChI is InChI=1S/C20H21N5.C2HF3O2/c1-11-6-5-7-12(2)16(11)14-10-15-17(13-8-9-25(4)18(13)14)19(22-3)24-20(21)23-15;3-2(4,5)1(6)7/h5-10H,1-4H3,(H3,21,22,23,24);(H,6,7). The summed E-state index contributed by atoms with van der Waals surface area (Å²) in [5.74, 6) is -1.72. The Hall–Kier alpha value is -3.82. The number of aliphatic carboxylic acids is 1. The first-order chi connectivity index (χ1) is 15.0. The van der Waals surface area contributed by atoms with E-state index in [1.165, 1.54) is 27.8 Å². The lowest BCUT2D eigenvalue weighted by Gasteiger charge is -2.15. The lowest BCUT2D eigenvalue weighted by Crippen LogP contribution is -2.21. The summed E-state index contributed by atoms with van der Waals surface area (Å²) in [4.78, 5) is 17.8. The van der Waals surface area contributed by atoms with Gasteiger partial charge < -0.3 is 20.7 Å². The van der Waals surface area contributed by atoms with Gasteiger partial charge in [0.1, 0.15) is 5.82 Å². The van der Waals surface area contributed by atoms with Crippen LogP contribution in [-0.2, 0) is 11.8 Å². The van der Waals surface area contributed by atoms with Gasteiger partial charge in [-0.2, -0.15) is 18.2 Å². The van der Waals surface area contributed by atoms with E-state index in [0.29, 0.717) is 0 Å². The van der Waals surface area contributed by atoms with Crippen LogP contribution in [0.3, 0.4) is 0 Å². The quantitative estimate of drug-likeness (QED) is 0.414. The monoisotopic (exact) mass is 445 g/mol. The van der Waals surface area contributed by atoms with Gasteiger partial charge in [-0.15, -0.1) is 0 Å². The molecule has 4 N–H and O–H groups in total. The van der Waals surface area contributed by atoms with Gasteiger partial charge in [-0.3, -0.25) is 0 Å². The molecular weight excluding hydrogens is 423 g/mol. The van der Waals surface area contributed by atoms with Crippen molar-refractivity contribution < 1.29 is 23.1 Å². The number of nitrogens with two attached hydrogens (primary N) is 1. The Balaban J connectivity index is 0.000000360. The summed E-state index contributed by atoms with van der Waals surface area (Å²) in [6, 6.07) is 10.6.